The Balaban J connectivity index is 2.53. The average Bonchev–Trinajstić information content (AvgIpc) is 2.67. The van der Waals surface area contributed by atoms with Gasteiger partial charge in [0, 0.05) is 5.39 Å². The molecule has 17 heavy (non-hydrogen) atoms. The number of nitrogens with one attached hydrogen (secondary N) is 1. The van der Waals surface area contributed by atoms with E-state index >= 15 is 0 Å². The van der Waals surface area contributed by atoms with E-state index in [1.165, 1.54) is 7.11 Å². The van der Waals surface area contributed by atoms with Gasteiger partial charge in [0.15, 0.2) is 11.4 Å². The lowest BCUT2D eigenvalue weighted by molar-refractivity contribution is 0.0517. The van der Waals surface area contributed by atoms with Gasteiger partial charge < -0.3 is 19.6 Å². The van der Waals surface area contributed by atoms with E-state index in [9.17, 15) is 9.90 Å². The van der Waals surface area contributed by atoms with Crippen molar-refractivity contribution in [3.05, 3.63) is 23.9 Å². The maximum atomic E-state index is 11.5. The van der Waals surface area contributed by atoms with E-state index in [4.69, 9.17) is 9.47 Å². The van der Waals surface area contributed by atoms with Gasteiger partial charge in [0.25, 0.3) is 0 Å². The summed E-state index contributed by atoms with van der Waals surface area (Å²) >= 11 is 0. The monoisotopic (exact) mass is 235 g/mol. The Morgan fingerprint density at radius 2 is 2.24 bits per heavy atom. The highest BCUT2D eigenvalue weighted by molar-refractivity contribution is 6.01. The molecule has 0 amide bonds. The van der Waals surface area contributed by atoms with Crippen LogP contribution in [0.4, 0.5) is 0 Å². The van der Waals surface area contributed by atoms with E-state index in [-0.39, 0.29) is 18.1 Å². The lowest BCUT2D eigenvalue weighted by Gasteiger charge is -1.99. The van der Waals surface area contributed by atoms with Gasteiger partial charge in [-0.05, 0) is 25.1 Å². The standard InChI is InChI=1S/C12H13NO4/c1-3-17-12(15)10-11(14)8-6-7(16-2)4-5-9(8)13-10/h4-6,13-14H,3H2,1-2H3. The number of hydrogen-bond donors (Lipinski definition) is 2. The third kappa shape index (κ3) is 1.91. The molecule has 0 unspecified atom stereocenters. The van der Waals surface area contributed by atoms with E-state index in [2.05, 4.69) is 4.98 Å². The summed E-state index contributed by atoms with van der Waals surface area (Å²) in [5.41, 5.74) is 0.724. The first-order chi connectivity index (χ1) is 8.17. The van der Waals surface area contributed by atoms with Gasteiger partial charge in [-0.2, -0.15) is 0 Å². The Morgan fingerprint density at radius 1 is 1.47 bits per heavy atom. The molecule has 0 saturated heterocycles. The number of benzene rings is 1. The predicted octanol–water partition coefficient (Wildman–Crippen LogP) is 2.06. The topological polar surface area (TPSA) is 71.6 Å². The molecule has 5 heteroatoms. The van der Waals surface area contributed by atoms with Crippen LogP contribution in [0.2, 0.25) is 0 Å². The summed E-state index contributed by atoms with van der Waals surface area (Å²) in [5.74, 6) is -0.0697. The van der Waals surface area contributed by atoms with Crippen LogP contribution in [-0.2, 0) is 4.74 Å². The van der Waals surface area contributed by atoms with Crippen LogP contribution in [0.3, 0.4) is 0 Å². The quantitative estimate of drug-likeness (QED) is 0.799. The number of rotatable bonds is 3. The first kappa shape index (κ1) is 11.3. The molecule has 0 saturated carbocycles. The molecule has 0 radical (unpaired) electrons. The molecule has 2 aromatic rings. The van der Waals surface area contributed by atoms with Gasteiger partial charge in [-0.15, -0.1) is 0 Å². The molecule has 0 aliphatic rings. The third-order valence-electron chi connectivity index (χ3n) is 2.46. The Hall–Kier alpha value is -2.17. The third-order valence-corrected chi connectivity index (χ3v) is 2.46. The maximum absolute atomic E-state index is 11.5. The Labute approximate surface area is 98.0 Å². The van der Waals surface area contributed by atoms with E-state index in [1.807, 2.05) is 0 Å². The number of carbonyl (C=O) groups is 1. The highest BCUT2D eigenvalue weighted by Crippen LogP contribution is 2.31. The number of aromatic nitrogens is 1. The Kier molecular flexibility index (Phi) is 2.91. The fourth-order valence-electron chi connectivity index (χ4n) is 1.63. The second kappa shape index (κ2) is 4.37. The van der Waals surface area contributed by atoms with E-state index in [0.717, 1.165) is 0 Å². The van der Waals surface area contributed by atoms with Crippen molar-refractivity contribution in [2.45, 2.75) is 6.92 Å². The van der Waals surface area contributed by atoms with Gasteiger partial charge in [0.2, 0.25) is 0 Å². The summed E-state index contributed by atoms with van der Waals surface area (Å²) in [7, 11) is 1.54. The van der Waals surface area contributed by atoms with Gasteiger partial charge >= 0.3 is 5.97 Å². The molecular weight excluding hydrogens is 222 g/mol. The summed E-state index contributed by atoms with van der Waals surface area (Å²) in [6, 6.07) is 5.13. The Bertz CT molecular complexity index is 559. The first-order valence-corrected chi connectivity index (χ1v) is 5.23. The SMILES string of the molecule is CCOC(=O)c1[nH]c2ccc(OC)cc2c1O. The lowest BCUT2D eigenvalue weighted by atomic mass is 10.2. The van der Waals surface area contributed by atoms with Crippen LogP contribution in [0, 0.1) is 0 Å². The molecule has 5 nitrogen and oxygen atoms in total. The maximum Gasteiger partial charge on any atom is 0.358 e. The van der Waals surface area contributed by atoms with Crippen molar-refractivity contribution in [2.75, 3.05) is 13.7 Å². The molecule has 0 aliphatic carbocycles. The molecule has 1 aromatic heterocycles. The smallest absolute Gasteiger partial charge is 0.358 e. The summed E-state index contributed by atoms with van der Waals surface area (Å²) in [4.78, 5) is 14.4. The van der Waals surface area contributed by atoms with Crippen molar-refractivity contribution in [2.24, 2.45) is 0 Å². The number of aromatic hydroxyl groups is 1. The van der Waals surface area contributed by atoms with E-state index in [1.54, 1.807) is 25.1 Å². The van der Waals surface area contributed by atoms with E-state index in [0.29, 0.717) is 16.7 Å². The van der Waals surface area contributed by atoms with Gasteiger partial charge in [0.05, 0.1) is 19.2 Å². The number of methoxy groups -OCH3 is 1. The van der Waals surface area contributed by atoms with Crippen LogP contribution in [0.15, 0.2) is 18.2 Å². The zero-order valence-electron chi connectivity index (χ0n) is 9.61. The summed E-state index contributed by atoms with van der Waals surface area (Å²) < 4.78 is 9.89. The fourth-order valence-corrected chi connectivity index (χ4v) is 1.63. The van der Waals surface area contributed by atoms with Crippen LogP contribution >= 0.6 is 0 Å². The van der Waals surface area contributed by atoms with Gasteiger partial charge in [0.1, 0.15) is 5.75 Å². The molecule has 0 aliphatic heterocycles. The van der Waals surface area contributed by atoms with Crippen LogP contribution in [-0.4, -0.2) is 29.8 Å². The summed E-state index contributed by atoms with van der Waals surface area (Å²) in [5, 5.41) is 10.5. The highest BCUT2D eigenvalue weighted by atomic mass is 16.5. The van der Waals surface area contributed by atoms with E-state index < -0.39 is 5.97 Å². The number of H-pyrrole nitrogens is 1. The molecule has 1 heterocycles. The van der Waals surface area contributed by atoms with Crippen LogP contribution in [0.25, 0.3) is 10.9 Å². The van der Waals surface area contributed by atoms with Crippen molar-refractivity contribution in [3.8, 4) is 11.5 Å². The zero-order chi connectivity index (χ0) is 12.4. The number of hydrogen-bond acceptors (Lipinski definition) is 4. The molecule has 2 N–H and O–H groups in total. The second-order valence-electron chi connectivity index (χ2n) is 3.48. The number of ether oxygens (including phenoxy) is 2. The summed E-state index contributed by atoms with van der Waals surface area (Å²) in [6.07, 6.45) is 0. The first-order valence-electron chi connectivity index (χ1n) is 5.23. The van der Waals surface area contributed by atoms with Gasteiger partial charge in [-0.3, -0.25) is 0 Å². The largest absolute Gasteiger partial charge is 0.505 e. The number of aromatic amines is 1. The average molecular weight is 235 g/mol. The fraction of sp³-hybridized carbons (Fsp3) is 0.250. The van der Waals surface area contributed by atoms with Crippen LogP contribution in [0.5, 0.6) is 11.5 Å². The normalized spacial score (nSPS) is 10.5. The molecule has 0 fully saturated rings. The molecule has 1 aromatic carbocycles. The van der Waals surface area contributed by atoms with Crippen LogP contribution in [0.1, 0.15) is 17.4 Å². The van der Waals surface area contributed by atoms with Crippen LogP contribution < -0.4 is 4.74 Å². The van der Waals surface area contributed by atoms with Gasteiger partial charge in [-0.25, -0.2) is 4.79 Å². The number of fused-ring (bicyclic) bond motifs is 1. The molecule has 0 bridgehead atoms. The lowest BCUT2D eigenvalue weighted by Crippen LogP contribution is -2.04. The summed E-state index contributed by atoms with van der Waals surface area (Å²) in [6.45, 7) is 1.97. The minimum atomic E-state index is -0.569. The molecule has 2 rings (SSSR count). The second-order valence-corrected chi connectivity index (χ2v) is 3.48. The molecular formula is C12H13NO4. The van der Waals surface area contributed by atoms with Crippen molar-refractivity contribution < 1.29 is 19.4 Å². The number of esters is 1. The predicted molar refractivity (Wildman–Crippen MR) is 62.5 cm³/mol. The van der Waals surface area contributed by atoms with Crippen molar-refractivity contribution in [3.63, 3.8) is 0 Å². The Morgan fingerprint density at radius 3 is 2.88 bits per heavy atom. The van der Waals surface area contributed by atoms with Crippen molar-refractivity contribution >= 4 is 16.9 Å². The molecule has 0 spiro atoms. The minimum absolute atomic E-state index is 0.0649. The molecule has 90 valence electrons. The minimum Gasteiger partial charge on any atom is -0.505 e. The van der Waals surface area contributed by atoms with Gasteiger partial charge in [-0.1, -0.05) is 0 Å². The van der Waals surface area contributed by atoms with Crippen molar-refractivity contribution in [1.82, 2.24) is 4.98 Å². The molecule has 0 atom stereocenters. The zero-order valence-corrected chi connectivity index (χ0v) is 9.61. The highest BCUT2D eigenvalue weighted by Gasteiger charge is 2.18. The number of carbonyl (C=O) groups excluding carboxylic acids is 1. The van der Waals surface area contributed by atoms with Crippen molar-refractivity contribution in [1.29, 1.82) is 0 Å².